The molecule has 1 aliphatic carbocycles. The molecule has 1 atom stereocenters. The van der Waals surface area contributed by atoms with Crippen LogP contribution >= 0.6 is 0 Å². The van der Waals surface area contributed by atoms with Gasteiger partial charge in [-0.1, -0.05) is 12.8 Å². The number of hydrogen-bond donors (Lipinski definition) is 1. The lowest BCUT2D eigenvalue weighted by atomic mass is 9.95. The van der Waals surface area contributed by atoms with Crippen molar-refractivity contribution >= 4 is 11.6 Å². The first-order chi connectivity index (χ1) is 9.66. The fourth-order valence-corrected chi connectivity index (χ4v) is 3.76. The average molecular weight is 276 g/mol. The minimum atomic E-state index is -0.396. The van der Waals surface area contributed by atoms with E-state index in [-0.39, 0.29) is 11.6 Å². The molecule has 1 unspecified atom stereocenters. The summed E-state index contributed by atoms with van der Waals surface area (Å²) in [6, 6.07) is 4.41. The zero-order valence-corrected chi connectivity index (χ0v) is 11.6. The van der Waals surface area contributed by atoms with Crippen LogP contribution in [0.25, 0.3) is 0 Å². The second kappa shape index (κ2) is 5.43. The van der Waals surface area contributed by atoms with E-state index in [4.69, 9.17) is 5.73 Å². The Morgan fingerprint density at radius 1 is 1.20 bits per heavy atom. The lowest BCUT2D eigenvalue weighted by molar-refractivity contribution is 0.0690. The molecule has 4 heteroatoms. The highest BCUT2D eigenvalue weighted by molar-refractivity contribution is 5.99. The molecule has 108 valence electrons. The van der Waals surface area contributed by atoms with Crippen LogP contribution in [-0.2, 0) is 0 Å². The van der Waals surface area contributed by atoms with Crippen molar-refractivity contribution in [1.29, 1.82) is 0 Å². The van der Waals surface area contributed by atoms with E-state index in [0.29, 0.717) is 17.5 Å². The number of carbonyl (C=O) groups is 1. The van der Waals surface area contributed by atoms with Gasteiger partial charge in [-0.2, -0.15) is 0 Å². The summed E-state index contributed by atoms with van der Waals surface area (Å²) in [4.78, 5) is 14.6. The van der Waals surface area contributed by atoms with Crippen LogP contribution in [-0.4, -0.2) is 23.4 Å². The van der Waals surface area contributed by atoms with Crippen molar-refractivity contribution in [3.8, 4) is 0 Å². The number of halogens is 1. The topological polar surface area (TPSA) is 46.3 Å². The maximum atomic E-state index is 13.1. The van der Waals surface area contributed by atoms with Crippen LogP contribution in [0.5, 0.6) is 0 Å². The summed E-state index contributed by atoms with van der Waals surface area (Å²) < 4.78 is 13.1. The number of amides is 1. The summed E-state index contributed by atoms with van der Waals surface area (Å²) in [5.74, 6) is 0.216. The van der Waals surface area contributed by atoms with E-state index in [1.807, 2.05) is 4.90 Å². The molecule has 20 heavy (non-hydrogen) atoms. The van der Waals surface area contributed by atoms with Gasteiger partial charge in [-0.15, -0.1) is 0 Å². The molecule has 1 heterocycles. The number of carbonyl (C=O) groups excluding carboxylic acids is 1. The molecule has 0 aromatic heterocycles. The van der Waals surface area contributed by atoms with Crippen LogP contribution in [0.4, 0.5) is 10.1 Å². The van der Waals surface area contributed by atoms with Crippen LogP contribution in [0.1, 0.15) is 48.9 Å². The highest BCUT2D eigenvalue weighted by Crippen LogP contribution is 2.36. The number of anilines is 1. The number of nitrogen functional groups attached to an aromatic ring is 1. The van der Waals surface area contributed by atoms with Gasteiger partial charge in [0.1, 0.15) is 5.82 Å². The number of benzene rings is 1. The third-order valence-electron chi connectivity index (χ3n) is 4.75. The number of hydrogen-bond acceptors (Lipinski definition) is 2. The van der Waals surface area contributed by atoms with Crippen molar-refractivity contribution in [3.05, 3.63) is 29.6 Å². The van der Waals surface area contributed by atoms with E-state index in [0.717, 1.165) is 19.4 Å². The van der Waals surface area contributed by atoms with Crippen LogP contribution in [0.2, 0.25) is 0 Å². The third-order valence-corrected chi connectivity index (χ3v) is 4.75. The van der Waals surface area contributed by atoms with Crippen molar-refractivity contribution in [3.63, 3.8) is 0 Å². The van der Waals surface area contributed by atoms with Gasteiger partial charge >= 0.3 is 0 Å². The molecule has 1 aliphatic heterocycles. The molecule has 1 saturated carbocycles. The predicted octanol–water partition coefficient (Wildman–Crippen LogP) is 3.20. The summed E-state index contributed by atoms with van der Waals surface area (Å²) in [7, 11) is 0. The summed E-state index contributed by atoms with van der Waals surface area (Å²) in [6.07, 6.45) is 7.18. The molecule has 3 rings (SSSR count). The molecular formula is C16H21FN2O. The molecule has 1 saturated heterocycles. The van der Waals surface area contributed by atoms with E-state index in [1.165, 1.54) is 43.9 Å². The molecule has 0 bridgehead atoms. The van der Waals surface area contributed by atoms with E-state index in [1.54, 1.807) is 0 Å². The Hall–Kier alpha value is -1.58. The Bertz CT molecular complexity index is 511. The Morgan fingerprint density at radius 2 is 1.95 bits per heavy atom. The van der Waals surface area contributed by atoms with Crippen LogP contribution < -0.4 is 5.73 Å². The third kappa shape index (κ3) is 2.39. The Balaban J connectivity index is 1.81. The Morgan fingerprint density at radius 3 is 2.65 bits per heavy atom. The maximum Gasteiger partial charge on any atom is 0.256 e. The van der Waals surface area contributed by atoms with Crippen molar-refractivity contribution < 1.29 is 9.18 Å². The normalized spacial score (nSPS) is 23.4. The SMILES string of the molecule is Nc1cc(F)ccc1C(=O)N1CCCC1C1CCCC1. The first-order valence-electron chi connectivity index (χ1n) is 7.53. The van der Waals surface area contributed by atoms with Crippen molar-refractivity contribution in [1.82, 2.24) is 4.90 Å². The summed E-state index contributed by atoms with van der Waals surface area (Å²) in [6.45, 7) is 0.802. The molecular weight excluding hydrogens is 255 g/mol. The minimum Gasteiger partial charge on any atom is -0.398 e. The molecule has 1 amide bonds. The first-order valence-corrected chi connectivity index (χ1v) is 7.53. The molecule has 2 fully saturated rings. The number of nitrogens with zero attached hydrogens (tertiary/aromatic N) is 1. The van der Waals surface area contributed by atoms with Crippen molar-refractivity contribution in [2.24, 2.45) is 5.92 Å². The van der Waals surface area contributed by atoms with Crippen LogP contribution in [0.3, 0.4) is 0 Å². The Labute approximate surface area is 118 Å². The lowest BCUT2D eigenvalue weighted by Crippen LogP contribution is -2.39. The maximum absolute atomic E-state index is 13.1. The molecule has 2 N–H and O–H groups in total. The number of likely N-dealkylation sites (tertiary alicyclic amines) is 1. The quantitative estimate of drug-likeness (QED) is 0.843. The first kappa shape index (κ1) is 13.4. The number of rotatable bonds is 2. The molecule has 1 aromatic rings. The van der Waals surface area contributed by atoms with Gasteiger partial charge in [0.05, 0.1) is 5.56 Å². The summed E-state index contributed by atoms with van der Waals surface area (Å²) in [5, 5.41) is 0. The molecule has 1 aromatic carbocycles. The second-order valence-electron chi connectivity index (χ2n) is 5.98. The highest BCUT2D eigenvalue weighted by Gasteiger charge is 2.36. The predicted molar refractivity (Wildman–Crippen MR) is 76.8 cm³/mol. The lowest BCUT2D eigenvalue weighted by Gasteiger charge is -2.29. The smallest absolute Gasteiger partial charge is 0.256 e. The second-order valence-corrected chi connectivity index (χ2v) is 5.98. The van der Waals surface area contributed by atoms with Gasteiger partial charge in [-0.3, -0.25) is 4.79 Å². The standard InChI is InChI=1S/C16H21FN2O/c17-12-7-8-13(14(18)10-12)16(20)19-9-3-6-15(19)11-4-1-2-5-11/h7-8,10-11,15H,1-6,9,18H2. The Kier molecular flexibility index (Phi) is 3.64. The molecule has 0 radical (unpaired) electrons. The average Bonchev–Trinajstić information content (AvgIpc) is 3.09. The van der Waals surface area contributed by atoms with E-state index in [9.17, 15) is 9.18 Å². The van der Waals surface area contributed by atoms with E-state index in [2.05, 4.69) is 0 Å². The largest absolute Gasteiger partial charge is 0.398 e. The van der Waals surface area contributed by atoms with Crippen LogP contribution in [0, 0.1) is 11.7 Å². The monoisotopic (exact) mass is 276 g/mol. The van der Waals surface area contributed by atoms with Crippen LogP contribution in [0.15, 0.2) is 18.2 Å². The molecule has 3 nitrogen and oxygen atoms in total. The van der Waals surface area contributed by atoms with Gasteiger partial charge in [0.25, 0.3) is 5.91 Å². The van der Waals surface area contributed by atoms with Gasteiger partial charge in [0.15, 0.2) is 0 Å². The van der Waals surface area contributed by atoms with Crippen molar-refractivity contribution in [2.45, 2.75) is 44.6 Å². The fourth-order valence-electron chi connectivity index (χ4n) is 3.76. The van der Waals surface area contributed by atoms with Gasteiger partial charge < -0.3 is 10.6 Å². The molecule has 0 spiro atoms. The molecule has 2 aliphatic rings. The van der Waals surface area contributed by atoms with Gasteiger partial charge in [0.2, 0.25) is 0 Å². The fraction of sp³-hybridized carbons (Fsp3) is 0.562. The minimum absolute atomic E-state index is 0.0306. The zero-order valence-electron chi connectivity index (χ0n) is 11.6. The number of nitrogens with two attached hydrogens (primary N) is 1. The highest BCUT2D eigenvalue weighted by atomic mass is 19.1. The summed E-state index contributed by atoms with van der Waals surface area (Å²) >= 11 is 0. The van der Waals surface area contributed by atoms with E-state index < -0.39 is 5.82 Å². The van der Waals surface area contributed by atoms with Gasteiger partial charge in [-0.05, 0) is 49.8 Å². The summed E-state index contributed by atoms with van der Waals surface area (Å²) in [5.41, 5.74) is 6.48. The van der Waals surface area contributed by atoms with Crippen molar-refractivity contribution in [2.75, 3.05) is 12.3 Å². The zero-order chi connectivity index (χ0) is 14.1. The van der Waals surface area contributed by atoms with E-state index >= 15 is 0 Å². The van der Waals surface area contributed by atoms with Gasteiger partial charge in [0, 0.05) is 18.3 Å². The van der Waals surface area contributed by atoms with Gasteiger partial charge in [-0.25, -0.2) is 4.39 Å².